The lowest BCUT2D eigenvalue weighted by Gasteiger charge is -2.35. The van der Waals surface area contributed by atoms with Crippen LogP contribution < -0.4 is 5.32 Å². The Labute approximate surface area is 141 Å². The molecule has 1 N–H and O–H groups in total. The first-order chi connectivity index (χ1) is 11.4. The molecule has 3 amide bonds. The summed E-state index contributed by atoms with van der Waals surface area (Å²) in [7, 11) is 0. The number of aryl methyl sites for hydroxylation is 1. The molecule has 0 bridgehead atoms. The number of hydrogen-bond donors (Lipinski definition) is 1. The number of benzene rings is 1. The average molecular weight is 329 g/mol. The maximum Gasteiger partial charge on any atom is 0.240 e. The first-order valence-electron chi connectivity index (χ1n) is 8.35. The zero-order chi connectivity index (χ0) is 17.3. The molecular weight excluding hydrogens is 306 g/mol. The number of amides is 3. The summed E-state index contributed by atoms with van der Waals surface area (Å²) in [5.74, 6) is -0.291. The highest BCUT2D eigenvalue weighted by molar-refractivity contribution is 6.13. The van der Waals surface area contributed by atoms with Crippen LogP contribution in [0.5, 0.6) is 0 Å². The predicted octanol–water partition coefficient (Wildman–Crippen LogP) is 1.40. The smallest absolute Gasteiger partial charge is 0.240 e. The summed E-state index contributed by atoms with van der Waals surface area (Å²) in [5, 5.41) is 2.87. The molecule has 0 spiro atoms. The number of carbonyl (C=O) groups excluding carboxylic acids is 3. The van der Waals surface area contributed by atoms with Crippen LogP contribution in [0.4, 0.5) is 5.69 Å². The second kappa shape index (κ2) is 6.26. The maximum absolute atomic E-state index is 12.8. The lowest BCUT2D eigenvalue weighted by molar-refractivity contribution is -0.146. The lowest BCUT2D eigenvalue weighted by Crippen LogP contribution is -2.53. The van der Waals surface area contributed by atoms with Gasteiger partial charge in [0.05, 0.1) is 0 Å². The van der Waals surface area contributed by atoms with E-state index in [-0.39, 0.29) is 17.7 Å². The van der Waals surface area contributed by atoms with E-state index in [2.05, 4.69) is 5.32 Å². The average Bonchev–Trinajstić information content (AvgIpc) is 3.38. The summed E-state index contributed by atoms with van der Waals surface area (Å²) in [6, 6.07) is 7.55. The van der Waals surface area contributed by atoms with Crippen LogP contribution >= 0.6 is 0 Å². The predicted molar refractivity (Wildman–Crippen MR) is 90.3 cm³/mol. The Hall–Kier alpha value is -2.37. The minimum Gasteiger partial charge on any atom is -0.339 e. The van der Waals surface area contributed by atoms with Crippen LogP contribution in [0, 0.1) is 12.3 Å². The van der Waals surface area contributed by atoms with E-state index in [1.165, 1.54) is 6.92 Å². The summed E-state index contributed by atoms with van der Waals surface area (Å²) in [6.07, 6.45) is 1.19. The van der Waals surface area contributed by atoms with E-state index in [1.807, 2.05) is 31.2 Å². The number of hydrogen-bond acceptors (Lipinski definition) is 3. The minimum absolute atomic E-state index is 0.0281. The van der Waals surface area contributed by atoms with Crippen molar-refractivity contribution in [2.45, 2.75) is 26.7 Å². The molecule has 1 saturated carbocycles. The molecule has 0 aromatic heterocycles. The van der Waals surface area contributed by atoms with E-state index in [4.69, 9.17) is 0 Å². The molecule has 1 aliphatic heterocycles. The summed E-state index contributed by atoms with van der Waals surface area (Å²) in [4.78, 5) is 40.3. The van der Waals surface area contributed by atoms with Gasteiger partial charge in [0.1, 0.15) is 5.41 Å². The van der Waals surface area contributed by atoms with Gasteiger partial charge >= 0.3 is 0 Å². The van der Waals surface area contributed by atoms with E-state index >= 15 is 0 Å². The van der Waals surface area contributed by atoms with Gasteiger partial charge in [-0.05, 0) is 31.9 Å². The minimum atomic E-state index is -0.913. The Morgan fingerprint density at radius 1 is 0.958 bits per heavy atom. The number of piperazine rings is 1. The number of carbonyl (C=O) groups is 3. The molecule has 1 saturated heterocycles. The summed E-state index contributed by atoms with van der Waals surface area (Å²) < 4.78 is 0. The van der Waals surface area contributed by atoms with Gasteiger partial charge in [0.15, 0.2) is 0 Å². The monoisotopic (exact) mass is 329 g/mol. The highest BCUT2D eigenvalue weighted by Crippen LogP contribution is 2.48. The Bertz CT molecular complexity index is 657. The number of nitrogens with zero attached hydrogens (tertiary/aromatic N) is 2. The fourth-order valence-electron chi connectivity index (χ4n) is 3.08. The molecule has 128 valence electrons. The van der Waals surface area contributed by atoms with Crippen molar-refractivity contribution >= 4 is 23.4 Å². The Morgan fingerprint density at radius 3 is 2.00 bits per heavy atom. The summed E-state index contributed by atoms with van der Waals surface area (Å²) in [6.45, 7) is 5.59. The van der Waals surface area contributed by atoms with Gasteiger partial charge in [-0.15, -0.1) is 0 Å². The molecule has 3 rings (SSSR count). The van der Waals surface area contributed by atoms with E-state index in [9.17, 15) is 14.4 Å². The standard InChI is InChI=1S/C18H23N3O3/c1-13-3-5-15(6-4-13)19-16(23)18(7-8-18)17(24)21-11-9-20(10-12-21)14(2)22/h3-6H,7-12H2,1-2H3,(H,19,23). The van der Waals surface area contributed by atoms with Gasteiger partial charge < -0.3 is 15.1 Å². The third-order valence-corrected chi connectivity index (χ3v) is 4.92. The van der Waals surface area contributed by atoms with Crippen molar-refractivity contribution in [2.24, 2.45) is 5.41 Å². The van der Waals surface area contributed by atoms with Crippen molar-refractivity contribution in [3.8, 4) is 0 Å². The van der Waals surface area contributed by atoms with Gasteiger partial charge in [-0.2, -0.15) is 0 Å². The largest absolute Gasteiger partial charge is 0.339 e. The van der Waals surface area contributed by atoms with Crippen LogP contribution in [0.25, 0.3) is 0 Å². The van der Waals surface area contributed by atoms with E-state index < -0.39 is 5.41 Å². The highest BCUT2D eigenvalue weighted by atomic mass is 16.2. The van der Waals surface area contributed by atoms with Gasteiger partial charge in [-0.3, -0.25) is 14.4 Å². The molecule has 1 heterocycles. The van der Waals surface area contributed by atoms with Crippen molar-refractivity contribution < 1.29 is 14.4 Å². The summed E-state index contributed by atoms with van der Waals surface area (Å²) in [5.41, 5.74) is 0.920. The third-order valence-electron chi connectivity index (χ3n) is 4.92. The fourth-order valence-corrected chi connectivity index (χ4v) is 3.08. The van der Waals surface area contributed by atoms with Crippen molar-refractivity contribution in [3.63, 3.8) is 0 Å². The van der Waals surface area contributed by atoms with Gasteiger partial charge in [0.2, 0.25) is 17.7 Å². The van der Waals surface area contributed by atoms with E-state index in [0.717, 1.165) is 5.56 Å². The molecule has 0 unspecified atom stereocenters. The highest BCUT2D eigenvalue weighted by Gasteiger charge is 2.58. The maximum atomic E-state index is 12.8. The fraction of sp³-hybridized carbons (Fsp3) is 0.500. The second-order valence-corrected chi connectivity index (χ2v) is 6.70. The van der Waals surface area contributed by atoms with Crippen LogP contribution in [0.15, 0.2) is 24.3 Å². The topological polar surface area (TPSA) is 69.7 Å². The van der Waals surface area contributed by atoms with Gasteiger partial charge in [0.25, 0.3) is 0 Å². The van der Waals surface area contributed by atoms with E-state index in [0.29, 0.717) is 44.7 Å². The van der Waals surface area contributed by atoms with Gasteiger partial charge in [-0.1, -0.05) is 17.7 Å². The van der Waals surface area contributed by atoms with Crippen molar-refractivity contribution in [1.29, 1.82) is 0 Å². The zero-order valence-electron chi connectivity index (χ0n) is 14.2. The lowest BCUT2D eigenvalue weighted by atomic mass is 10.0. The molecule has 2 fully saturated rings. The molecule has 24 heavy (non-hydrogen) atoms. The van der Waals surface area contributed by atoms with Crippen molar-refractivity contribution in [1.82, 2.24) is 9.80 Å². The van der Waals surface area contributed by atoms with Crippen LogP contribution in [0.1, 0.15) is 25.3 Å². The van der Waals surface area contributed by atoms with Crippen LogP contribution in [0.2, 0.25) is 0 Å². The molecule has 1 aromatic carbocycles. The molecular formula is C18H23N3O3. The van der Waals surface area contributed by atoms with Gasteiger partial charge in [0, 0.05) is 38.8 Å². The normalized spacial score (nSPS) is 18.9. The Balaban J connectivity index is 1.63. The van der Waals surface area contributed by atoms with Crippen molar-refractivity contribution in [2.75, 3.05) is 31.5 Å². The second-order valence-electron chi connectivity index (χ2n) is 6.70. The van der Waals surface area contributed by atoms with E-state index in [1.54, 1.807) is 9.80 Å². The zero-order valence-corrected chi connectivity index (χ0v) is 14.2. The third kappa shape index (κ3) is 3.13. The SMILES string of the molecule is CC(=O)N1CCN(C(=O)C2(C(=O)Nc3ccc(C)cc3)CC2)CC1. The molecule has 0 radical (unpaired) electrons. The quantitative estimate of drug-likeness (QED) is 0.852. The molecule has 2 aliphatic rings. The number of anilines is 1. The van der Waals surface area contributed by atoms with Crippen LogP contribution in [0.3, 0.4) is 0 Å². The number of nitrogens with one attached hydrogen (secondary N) is 1. The van der Waals surface area contributed by atoms with Crippen LogP contribution in [-0.2, 0) is 14.4 Å². The molecule has 0 atom stereocenters. The van der Waals surface area contributed by atoms with Gasteiger partial charge in [-0.25, -0.2) is 0 Å². The molecule has 1 aliphatic carbocycles. The Morgan fingerprint density at radius 2 is 1.50 bits per heavy atom. The molecule has 6 heteroatoms. The molecule has 1 aromatic rings. The first-order valence-corrected chi connectivity index (χ1v) is 8.35. The van der Waals surface area contributed by atoms with Crippen molar-refractivity contribution in [3.05, 3.63) is 29.8 Å². The Kier molecular flexibility index (Phi) is 4.30. The number of rotatable bonds is 3. The summed E-state index contributed by atoms with van der Waals surface area (Å²) >= 11 is 0. The first kappa shape index (κ1) is 16.5. The molecule has 6 nitrogen and oxygen atoms in total. The van der Waals surface area contributed by atoms with Crippen LogP contribution in [-0.4, -0.2) is 53.7 Å².